The third kappa shape index (κ3) is 2.80. The summed E-state index contributed by atoms with van der Waals surface area (Å²) in [4.78, 5) is 12.9. The van der Waals surface area contributed by atoms with Crippen molar-refractivity contribution in [1.29, 1.82) is 0 Å². The molecule has 0 aliphatic carbocycles. The Labute approximate surface area is 138 Å². The number of carbonyl (C=O) groups is 1. The van der Waals surface area contributed by atoms with Crippen LogP contribution in [0.2, 0.25) is 0 Å². The van der Waals surface area contributed by atoms with Crippen LogP contribution in [0.1, 0.15) is 53.6 Å². The predicted molar refractivity (Wildman–Crippen MR) is 89.9 cm³/mol. The van der Waals surface area contributed by atoms with E-state index in [0.29, 0.717) is 31.2 Å². The van der Waals surface area contributed by atoms with E-state index >= 15 is 0 Å². The second-order valence-corrected chi connectivity index (χ2v) is 9.45. The quantitative estimate of drug-likeness (QED) is 0.795. The lowest BCUT2D eigenvalue weighted by Gasteiger charge is -2.38. The van der Waals surface area contributed by atoms with Crippen molar-refractivity contribution in [3.8, 4) is 5.75 Å². The Morgan fingerprint density at radius 2 is 1.61 bits per heavy atom. The van der Waals surface area contributed by atoms with Gasteiger partial charge in [-0.25, -0.2) is 8.42 Å². The molecular weight excluding hydrogens is 312 g/mol. The highest BCUT2D eigenvalue weighted by molar-refractivity contribution is 7.92. The highest BCUT2D eigenvalue weighted by atomic mass is 32.2. The smallest absolute Gasteiger partial charge is 0.166 e. The molecule has 2 bridgehead atoms. The second kappa shape index (κ2) is 5.93. The highest BCUT2D eigenvalue weighted by Gasteiger charge is 2.46. The van der Waals surface area contributed by atoms with Crippen molar-refractivity contribution in [3.05, 3.63) is 28.8 Å². The van der Waals surface area contributed by atoms with E-state index in [4.69, 9.17) is 4.74 Å². The molecule has 3 rings (SSSR count). The molecule has 5 heteroatoms. The number of rotatable bonds is 3. The summed E-state index contributed by atoms with van der Waals surface area (Å²) in [5.41, 5.74) is 2.57. The minimum absolute atomic E-state index is 0.0886. The summed E-state index contributed by atoms with van der Waals surface area (Å²) in [5.74, 6) is 0.733. The summed E-state index contributed by atoms with van der Waals surface area (Å²) in [6.45, 7) is 3.87. The number of aryl methyl sites for hydroxylation is 2. The Kier molecular flexibility index (Phi) is 4.25. The van der Waals surface area contributed by atoms with Gasteiger partial charge in [-0.05, 0) is 62.8 Å². The number of hydrogen-bond acceptors (Lipinski definition) is 4. The van der Waals surface area contributed by atoms with Crippen molar-refractivity contribution in [3.63, 3.8) is 0 Å². The molecule has 0 spiro atoms. The van der Waals surface area contributed by atoms with Crippen LogP contribution < -0.4 is 4.74 Å². The minimum atomic E-state index is -3.01. The molecular formula is C18H24O4S. The topological polar surface area (TPSA) is 60.4 Å². The number of carbonyl (C=O) groups excluding carboxylic acids is 1. The molecule has 0 saturated carbocycles. The van der Waals surface area contributed by atoms with E-state index in [9.17, 15) is 13.2 Å². The van der Waals surface area contributed by atoms with Gasteiger partial charge in [-0.1, -0.05) is 6.42 Å². The number of ketones is 1. The first-order valence-corrected chi connectivity index (χ1v) is 9.87. The molecule has 1 aromatic rings. The lowest BCUT2D eigenvalue weighted by Crippen LogP contribution is -2.45. The normalized spacial score (nSPS) is 29.1. The van der Waals surface area contributed by atoms with E-state index in [2.05, 4.69) is 0 Å². The van der Waals surface area contributed by atoms with Crippen LogP contribution >= 0.6 is 0 Å². The molecule has 4 nitrogen and oxygen atoms in total. The number of methoxy groups -OCH3 is 1. The van der Waals surface area contributed by atoms with Crippen LogP contribution in [-0.2, 0) is 9.84 Å². The van der Waals surface area contributed by atoms with Crippen molar-refractivity contribution < 1.29 is 17.9 Å². The molecule has 2 unspecified atom stereocenters. The number of benzene rings is 1. The lowest BCUT2D eigenvalue weighted by atomic mass is 9.84. The molecule has 0 amide bonds. The minimum Gasteiger partial charge on any atom is -0.496 e. The third-order valence-electron chi connectivity index (χ3n) is 5.40. The van der Waals surface area contributed by atoms with E-state index in [0.717, 1.165) is 23.3 Å². The molecule has 23 heavy (non-hydrogen) atoms. The predicted octanol–water partition coefficient (Wildman–Crippen LogP) is 3.24. The SMILES string of the molecule is COc1c(C)cc(C(=O)C2CC3CCCC(C2)S3(=O)=O)cc1C. The molecule has 2 fully saturated rings. The van der Waals surface area contributed by atoms with Gasteiger partial charge in [0.25, 0.3) is 0 Å². The van der Waals surface area contributed by atoms with Gasteiger partial charge in [0.2, 0.25) is 0 Å². The van der Waals surface area contributed by atoms with Gasteiger partial charge in [0, 0.05) is 11.5 Å². The molecule has 2 saturated heterocycles. The standard InChI is InChI=1S/C18H24O4S/c1-11-7-13(8-12(2)18(11)22-3)17(19)14-9-15-5-4-6-16(10-14)23(15,20)21/h7-8,14-16H,4-6,9-10H2,1-3H3. The number of Topliss-reactive ketones (excluding diaryl/α,β-unsaturated/α-hetero) is 1. The zero-order chi connectivity index (χ0) is 16.8. The third-order valence-corrected chi connectivity index (χ3v) is 8.11. The maximum atomic E-state index is 12.9. The summed E-state index contributed by atoms with van der Waals surface area (Å²) < 4.78 is 30.1. The maximum Gasteiger partial charge on any atom is 0.166 e. The summed E-state index contributed by atoms with van der Waals surface area (Å²) in [6, 6.07) is 3.74. The van der Waals surface area contributed by atoms with E-state index in [-0.39, 0.29) is 22.2 Å². The summed E-state index contributed by atoms with van der Waals surface area (Å²) in [7, 11) is -1.38. The number of sulfone groups is 1. The Balaban J connectivity index is 1.87. The second-order valence-electron chi connectivity index (χ2n) is 6.94. The lowest BCUT2D eigenvalue weighted by molar-refractivity contribution is 0.0894. The van der Waals surface area contributed by atoms with Crippen molar-refractivity contribution in [2.45, 2.75) is 56.5 Å². The molecule has 2 aliphatic heterocycles. The summed E-state index contributed by atoms with van der Waals surface area (Å²) >= 11 is 0. The Morgan fingerprint density at radius 1 is 1.09 bits per heavy atom. The maximum absolute atomic E-state index is 12.9. The van der Waals surface area contributed by atoms with Crippen LogP contribution in [0, 0.1) is 19.8 Å². The first-order chi connectivity index (χ1) is 10.8. The average molecular weight is 336 g/mol. The number of hydrogen-bond donors (Lipinski definition) is 0. The molecule has 0 N–H and O–H groups in total. The molecule has 0 radical (unpaired) electrons. The fourth-order valence-corrected chi connectivity index (χ4v) is 6.81. The largest absolute Gasteiger partial charge is 0.496 e. The van der Waals surface area contributed by atoms with Crippen molar-refractivity contribution in [2.24, 2.45) is 5.92 Å². The Hall–Kier alpha value is -1.36. The van der Waals surface area contributed by atoms with Crippen LogP contribution in [0.5, 0.6) is 5.75 Å². The van der Waals surface area contributed by atoms with Gasteiger partial charge in [0.1, 0.15) is 5.75 Å². The van der Waals surface area contributed by atoms with E-state index in [1.165, 1.54) is 0 Å². The van der Waals surface area contributed by atoms with Crippen LogP contribution in [0.3, 0.4) is 0 Å². The first kappa shape index (κ1) is 16.5. The van der Waals surface area contributed by atoms with Gasteiger partial charge >= 0.3 is 0 Å². The van der Waals surface area contributed by atoms with E-state index in [1.54, 1.807) is 7.11 Å². The zero-order valence-electron chi connectivity index (χ0n) is 14.0. The molecule has 2 heterocycles. The van der Waals surface area contributed by atoms with Crippen molar-refractivity contribution in [1.82, 2.24) is 0 Å². The number of fused-ring (bicyclic) bond motifs is 2. The first-order valence-electron chi connectivity index (χ1n) is 8.26. The van der Waals surface area contributed by atoms with Crippen molar-refractivity contribution >= 4 is 15.6 Å². The van der Waals surface area contributed by atoms with Crippen LogP contribution in [0.15, 0.2) is 12.1 Å². The van der Waals surface area contributed by atoms with Crippen LogP contribution in [-0.4, -0.2) is 31.8 Å². The number of ether oxygens (including phenoxy) is 1. The van der Waals surface area contributed by atoms with Gasteiger partial charge in [-0.3, -0.25) is 4.79 Å². The van der Waals surface area contributed by atoms with E-state index < -0.39 is 9.84 Å². The van der Waals surface area contributed by atoms with Gasteiger partial charge in [0.15, 0.2) is 15.6 Å². The van der Waals surface area contributed by atoms with Crippen LogP contribution in [0.25, 0.3) is 0 Å². The molecule has 0 aromatic heterocycles. The van der Waals surface area contributed by atoms with E-state index in [1.807, 2.05) is 26.0 Å². The van der Waals surface area contributed by atoms with Crippen molar-refractivity contribution in [2.75, 3.05) is 7.11 Å². The summed E-state index contributed by atoms with van der Waals surface area (Å²) in [5, 5.41) is -0.631. The Morgan fingerprint density at radius 3 is 2.09 bits per heavy atom. The summed E-state index contributed by atoms with van der Waals surface area (Å²) in [6.07, 6.45) is 3.37. The van der Waals surface area contributed by atoms with Gasteiger partial charge in [-0.2, -0.15) is 0 Å². The fourth-order valence-electron chi connectivity index (χ4n) is 4.27. The zero-order valence-corrected chi connectivity index (χ0v) is 14.8. The average Bonchev–Trinajstić information content (AvgIpc) is 2.45. The monoisotopic (exact) mass is 336 g/mol. The molecule has 126 valence electrons. The highest BCUT2D eigenvalue weighted by Crippen LogP contribution is 2.40. The van der Waals surface area contributed by atoms with Gasteiger partial charge in [-0.15, -0.1) is 0 Å². The Bertz CT molecular complexity index is 692. The van der Waals surface area contributed by atoms with Crippen LogP contribution in [0.4, 0.5) is 0 Å². The molecule has 2 atom stereocenters. The fraction of sp³-hybridized carbons (Fsp3) is 0.611. The molecule has 2 aliphatic rings. The van der Waals surface area contributed by atoms with Gasteiger partial charge < -0.3 is 4.74 Å². The molecule has 1 aromatic carbocycles. The van der Waals surface area contributed by atoms with Gasteiger partial charge in [0.05, 0.1) is 17.6 Å².